The van der Waals surface area contributed by atoms with Crippen molar-refractivity contribution in [3.05, 3.63) is 40.9 Å². The van der Waals surface area contributed by atoms with E-state index in [2.05, 4.69) is 29.4 Å². The zero-order valence-electron chi connectivity index (χ0n) is 12.0. The molecule has 1 N–H and O–H groups in total. The summed E-state index contributed by atoms with van der Waals surface area (Å²) in [6.45, 7) is 6.13. The summed E-state index contributed by atoms with van der Waals surface area (Å²) in [4.78, 5) is 12.4. The van der Waals surface area contributed by atoms with Crippen molar-refractivity contribution in [2.75, 3.05) is 5.32 Å². The van der Waals surface area contributed by atoms with Gasteiger partial charge in [-0.3, -0.25) is 10.1 Å². The van der Waals surface area contributed by atoms with Crippen molar-refractivity contribution < 1.29 is 4.79 Å². The molecule has 1 amide bonds. The number of hydrogen-bond donors (Lipinski definition) is 1. The minimum atomic E-state index is -0.150. The average molecular weight is 289 g/mol. The fraction of sp³-hybridized carbons (Fsp3) is 0.400. The highest BCUT2D eigenvalue weighted by Gasteiger charge is 2.20. The van der Waals surface area contributed by atoms with Gasteiger partial charge in [-0.25, -0.2) is 0 Å². The Balaban J connectivity index is 2.09. The summed E-state index contributed by atoms with van der Waals surface area (Å²) in [6, 6.07) is 9.81. The van der Waals surface area contributed by atoms with Gasteiger partial charge in [0.05, 0.1) is 5.92 Å². The second kappa shape index (κ2) is 6.61. The zero-order chi connectivity index (χ0) is 14.5. The fourth-order valence-electron chi connectivity index (χ4n) is 1.97. The predicted molar refractivity (Wildman–Crippen MR) is 82.1 cm³/mol. The highest BCUT2D eigenvalue weighted by atomic mass is 32.1. The number of aromatic nitrogens is 2. The Labute approximate surface area is 123 Å². The van der Waals surface area contributed by atoms with Crippen molar-refractivity contribution in [2.24, 2.45) is 0 Å². The lowest BCUT2D eigenvalue weighted by molar-refractivity contribution is -0.117. The molecule has 0 bridgehead atoms. The van der Waals surface area contributed by atoms with Crippen LogP contribution in [-0.4, -0.2) is 16.1 Å². The molecule has 1 atom stereocenters. The molecular weight excluding hydrogens is 270 g/mol. The number of carbonyl (C=O) groups excluding carboxylic acids is 1. The quantitative estimate of drug-likeness (QED) is 0.911. The summed E-state index contributed by atoms with van der Waals surface area (Å²) in [6.07, 6.45) is 0.756. The fourth-order valence-corrected chi connectivity index (χ4v) is 2.72. The highest BCUT2D eigenvalue weighted by molar-refractivity contribution is 7.15. The minimum absolute atomic E-state index is 0.0230. The van der Waals surface area contributed by atoms with Gasteiger partial charge in [0, 0.05) is 5.92 Å². The topological polar surface area (TPSA) is 54.9 Å². The SMILES string of the molecule is CCC(C(=O)Nc1nnc(C(C)C)s1)c1ccccc1. The van der Waals surface area contributed by atoms with Crippen LogP contribution in [0.2, 0.25) is 0 Å². The molecule has 2 aromatic rings. The van der Waals surface area contributed by atoms with Crippen LogP contribution in [0, 0.1) is 0 Å². The van der Waals surface area contributed by atoms with Crippen LogP contribution >= 0.6 is 11.3 Å². The number of nitrogens with zero attached hydrogens (tertiary/aromatic N) is 2. The van der Waals surface area contributed by atoms with E-state index in [0.717, 1.165) is 17.0 Å². The van der Waals surface area contributed by atoms with Gasteiger partial charge in [0.15, 0.2) is 0 Å². The third-order valence-electron chi connectivity index (χ3n) is 3.09. The van der Waals surface area contributed by atoms with Gasteiger partial charge in [-0.05, 0) is 12.0 Å². The van der Waals surface area contributed by atoms with E-state index in [4.69, 9.17) is 0 Å². The van der Waals surface area contributed by atoms with E-state index in [-0.39, 0.29) is 11.8 Å². The van der Waals surface area contributed by atoms with Crippen molar-refractivity contribution in [1.29, 1.82) is 0 Å². The Morgan fingerprint density at radius 3 is 2.50 bits per heavy atom. The van der Waals surface area contributed by atoms with Crippen LogP contribution in [-0.2, 0) is 4.79 Å². The van der Waals surface area contributed by atoms with Crippen LogP contribution < -0.4 is 5.32 Å². The third-order valence-corrected chi connectivity index (χ3v) is 4.23. The van der Waals surface area contributed by atoms with Crippen molar-refractivity contribution in [3.8, 4) is 0 Å². The van der Waals surface area contributed by atoms with Gasteiger partial charge in [-0.15, -0.1) is 10.2 Å². The van der Waals surface area contributed by atoms with Crippen LogP contribution in [0.5, 0.6) is 0 Å². The molecule has 4 nitrogen and oxygen atoms in total. The minimum Gasteiger partial charge on any atom is -0.300 e. The Morgan fingerprint density at radius 2 is 1.95 bits per heavy atom. The van der Waals surface area contributed by atoms with Crippen molar-refractivity contribution in [1.82, 2.24) is 10.2 Å². The second-order valence-electron chi connectivity index (χ2n) is 4.96. The number of hydrogen-bond acceptors (Lipinski definition) is 4. The average Bonchev–Trinajstić information content (AvgIpc) is 2.89. The van der Waals surface area contributed by atoms with E-state index in [0.29, 0.717) is 11.0 Å². The molecule has 0 fully saturated rings. The molecule has 5 heteroatoms. The molecule has 1 aromatic heterocycles. The van der Waals surface area contributed by atoms with Gasteiger partial charge in [0.1, 0.15) is 5.01 Å². The Hall–Kier alpha value is -1.75. The normalized spacial score (nSPS) is 12.4. The summed E-state index contributed by atoms with van der Waals surface area (Å²) < 4.78 is 0. The first-order valence-corrected chi connectivity index (χ1v) is 7.62. The Bertz CT molecular complexity index is 566. The van der Waals surface area contributed by atoms with Gasteiger partial charge >= 0.3 is 0 Å². The zero-order valence-corrected chi connectivity index (χ0v) is 12.8. The Morgan fingerprint density at radius 1 is 1.25 bits per heavy atom. The third kappa shape index (κ3) is 3.42. The molecule has 1 aromatic carbocycles. The van der Waals surface area contributed by atoms with Crippen molar-refractivity contribution in [3.63, 3.8) is 0 Å². The van der Waals surface area contributed by atoms with Gasteiger partial charge in [-0.1, -0.05) is 62.4 Å². The van der Waals surface area contributed by atoms with E-state index in [9.17, 15) is 4.79 Å². The van der Waals surface area contributed by atoms with Crippen LogP contribution in [0.4, 0.5) is 5.13 Å². The maximum Gasteiger partial charge on any atom is 0.233 e. The molecule has 0 spiro atoms. The first-order valence-electron chi connectivity index (χ1n) is 6.81. The molecule has 1 unspecified atom stereocenters. The second-order valence-corrected chi connectivity index (χ2v) is 5.97. The first-order chi connectivity index (χ1) is 9.61. The van der Waals surface area contributed by atoms with Gasteiger partial charge in [0.25, 0.3) is 0 Å². The van der Waals surface area contributed by atoms with E-state index < -0.39 is 0 Å². The van der Waals surface area contributed by atoms with Crippen molar-refractivity contribution in [2.45, 2.75) is 39.0 Å². The smallest absolute Gasteiger partial charge is 0.233 e. The number of benzene rings is 1. The monoisotopic (exact) mass is 289 g/mol. The lowest BCUT2D eigenvalue weighted by Gasteiger charge is -2.13. The summed E-state index contributed by atoms with van der Waals surface area (Å²) in [5, 5.41) is 12.5. The molecule has 106 valence electrons. The predicted octanol–water partition coefficient (Wildman–Crippen LogP) is 3.79. The van der Waals surface area contributed by atoms with E-state index in [1.165, 1.54) is 11.3 Å². The number of nitrogens with one attached hydrogen (secondary N) is 1. The van der Waals surface area contributed by atoms with Crippen LogP contribution in [0.3, 0.4) is 0 Å². The first kappa shape index (κ1) is 14.7. The molecule has 20 heavy (non-hydrogen) atoms. The maximum absolute atomic E-state index is 12.4. The number of carbonyl (C=O) groups is 1. The molecule has 1 heterocycles. The van der Waals surface area contributed by atoms with E-state index in [1.54, 1.807) is 0 Å². The molecular formula is C15H19N3OS. The molecule has 0 aliphatic heterocycles. The standard InChI is InChI=1S/C15H19N3OS/c1-4-12(11-8-6-5-7-9-11)13(19)16-15-18-17-14(20-15)10(2)3/h5-10,12H,4H2,1-3H3,(H,16,18,19). The van der Waals surface area contributed by atoms with E-state index >= 15 is 0 Å². The summed E-state index contributed by atoms with van der Waals surface area (Å²) >= 11 is 1.44. The number of rotatable bonds is 5. The molecule has 0 aliphatic carbocycles. The Kier molecular flexibility index (Phi) is 4.84. The number of anilines is 1. The van der Waals surface area contributed by atoms with Crippen LogP contribution in [0.15, 0.2) is 30.3 Å². The molecule has 0 aliphatic rings. The summed E-state index contributed by atoms with van der Waals surface area (Å²) in [5.41, 5.74) is 1.03. The van der Waals surface area contributed by atoms with Gasteiger partial charge in [-0.2, -0.15) is 0 Å². The lowest BCUT2D eigenvalue weighted by atomic mass is 9.96. The largest absolute Gasteiger partial charge is 0.300 e. The summed E-state index contributed by atoms with van der Waals surface area (Å²) in [7, 11) is 0. The van der Waals surface area contributed by atoms with Gasteiger partial charge in [0.2, 0.25) is 11.0 Å². The molecule has 0 saturated heterocycles. The maximum atomic E-state index is 12.4. The molecule has 0 radical (unpaired) electrons. The summed E-state index contributed by atoms with van der Waals surface area (Å²) in [5.74, 6) is 0.155. The number of amides is 1. The molecule has 2 rings (SSSR count). The molecule has 0 saturated carbocycles. The lowest BCUT2D eigenvalue weighted by Crippen LogP contribution is -2.20. The van der Waals surface area contributed by atoms with Crippen molar-refractivity contribution >= 4 is 22.4 Å². The highest BCUT2D eigenvalue weighted by Crippen LogP contribution is 2.25. The van der Waals surface area contributed by atoms with Crippen LogP contribution in [0.1, 0.15) is 49.6 Å². The van der Waals surface area contributed by atoms with E-state index in [1.807, 2.05) is 37.3 Å². The van der Waals surface area contributed by atoms with Gasteiger partial charge < -0.3 is 0 Å². The van der Waals surface area contributed by atoms with Crippen LogP contribution in [0.25, 0.3) is 0 Å².